The molecule has 35 heavy (non-hydrogen) atoms. The highest BCUT2D eigenvalue weighted by Crippen LogP contribution is 2.07. The van der Waals surface area contributed by atoms with Crippen molar-refractivity contribution in [2.75, 3.05) is 33.0 Å². The molecule has 0 N–H and O–H groups in total. The monoisotopic (exact) mass is 482 g/mol. The number of unbranched alkanes of at least 4 members (excludes halogenated alkanes) is 6. The van der Waals surface area contributed by atoms with E-state index in [2.05, 4.69) is 50.2 Å². The van der Waals surface area contributed by atoms with Gasteiger partial charge in [0.1, 0.15) is 6.54 Å². The lowest BCUT2D eigenvalue weighted by atomic mass is 10.1. The molecule has 0 amide bonds. The minimum absolute atomic E-state index is 0.563. The van der Waals surface area contributed by atoms with Gasteiger partial charge in [0.2, 0.25) is 0 Å². The molecule has 2 rings (SSSR count). The summed E-state index contributed by atoms with van der Waals surface area (Å²) in [5.41, 5.74) is 10.9. The molecule has 0 saturated heterocycles. The first-order valence-electron chi connectivity index (χ1n) is 13.4. The fourth-order valence-corrected chi connectivity index (χ4v) is 4.01. The minimum atomic E-state index is 0.563. The highest BCUT2D eigenvalue weighted by molar-refractivity contribution is 5.08. The number of rotatable bonds is 22. The molecule has 0 aliphatic heterocycles. The van der Waals surface area contributed by atoms with Crippen molar-refractivity contribution in [3.63, 3.8) is 0 Å². The second kappa shape index (κ2) is 20.9. The van der Waals surface area contributed by atoms with E-state index in [1.807, 2.05) is 18.5 Å². The summed E-state index contributed by atoms with van der Waals surface area (Å²) in [6, 6.07) is 8.48. The molecule has 2 heterocycles. The Bertz CT molecular complexity index is 812. The van der Waals surface area contributed by atoms with Crippen LogP contribution in [0, 0.1) is 0 Å². The van der Waals surface area contributed by atoms with Gasteiger partial charge in [-0.1, -0.05) is 30.4 Å². The SMILES string of the molecule is [N-]=[N+]=NCCCCOCCCc1ccc[n+](CCCCCCCCOCCCc2cccnc2)c1. The molecule has 0 saturated carbocycles. The quantitative estimate of drug-likeness (QED) is 0.0640. The molecule has 7 heteroatoms. The number of hydrogen-bond donors (Lipinski definition) is 0. The van der Waals surface area contributed by atoms with Gasteiger partial charge in [0, 0.05) is 68.3 Å². The predicted molar refractivity (Wildman–Crippen MR) is 140 cm³/mol. The van der Waals surface area contributed by atoms with Crippen LogP contribution in [0.4, 0.5) is 0 Å². The Morgan fingerprint density at radius 1 is 0.771 bits per heavy atom. The van der Waals surface area contributed by atoms with E-state index in [1.54, 1.807) is 0 Å². The zero-order chi connectivity index (χ0) is 24.7. The van der Waals surface area contributed by atoms with E-state index in [-0.39, 0.29) is 0 Å². The van der Waals surface area contributed by atoms with Crippen LogP contribution in [0.2, 0.25) is 0 Å². The van der Waals surface area contributed by atoms with Crippen LogP contribution < -0.4 is 4.57 Å². The van der Waals surface area contributed by atoms with Gasteiger partial charge in [0.15, 0.2) is 12.4 Å². The summed E-state index contributed by atoms with van der Waals surface area (Å²) in [4.78, 5) is 6.90. The normalized spacial score (nSPS) is 10.9. The Morgan fingerprint density at radius 2 is 1.43 bits per heavy atom. The molecule has 2 aromatic rings. The van der Waals surface area contributed by atoms with Crippen LogP contribution in [-0.2, 0) is 28.9 Å². The third-order valence-electron chi connectivity index (χ3n) is 5.97. The Hall–Kier alpha value is -2.47. The van der Waals surface area contributed by atoms with Crippen molar-refractivity contribution in [1.82, 2.24) is 4.98 Å². The Morgan fingerprint density at radius 3 is 2.17 bits per heavy atom. The van der Waals surface area contributed by atoms with Gasteiger partial charge >= 0.3 is 0 Å². The van der Waals surface area contributed by atoms with Gasteiger partial charge in [-0.05, 0) is 74.6 Å². The van der Waals surface area contributed by atoms with Crippen molar-refractivity contribution < 1.29 is 14.0 Å². The van der Waals surface area contributed by atoms with Gasteiger partial charge in [-0.15, -0.1) is 0 Å². The number of pyridine rings is 2. The number of ether oxygens (including phenoxy) is 2. The second-order valence-corrected chi connectivity index (χ2v) is 9.03. The van der Waals surface area contributed by atoms with Gasteiger partial charge in [-0.3, -0.25) is 4.98 Å². The van der Waals surface area contributed by atoms with Gasteiger partial charge in [-0.25, -0.2) is 4.57 Å². The summed E-state index contributed by atoms with van der Waals surface area (Å²) in [5.74, 6) is 0. The maximum absolute atomic E-state index is 8.24. The van der Waals surface area contributed by atoms with E-state index in [1.165, 1.54) is 49.7 Å². The second-order valence-electron chi connectivity index (χ2n) is 9.03. The van der Waals surface area contributed by atoms with Crippen molar-refractivity contribution in [2.24, 2.45) is 5.11 Å². The fourth-order valence-electron chi connectivity index (χ4n) is 4.01. The summed E-state index contributed by atoms with van der Waals surface area (Å²) in [6.45, 7) is 4.92. The highest BCUT2D eigenvalue weighted by atomic mass is 16.5. The molecule has 0 fully saturated rings. The zero-order valence-corrected chi connectivity index (χ0v) is 21.4. The molecule has 0 bridgehead atoms. The van der Waals surface area contributed by atoms with E-state index >= 15 is 0 Å². The van der Waals surface area contributed by atoms with E-state index in [9.17, 15) is 0 Å². The molecule has 0 spiro atoms. The van der Waals surface area contributed by atoms with Crippen LogP contribution in [0.25, 0.3) is 10.4 Å². The molecule has 0 radical (unpaired) electrons. The highest BCUT2D eigenvalue weighted by Gasteiger charge is 2.03. The molecule has 0 aliphatic rings. The zero-order valence-electron chi connectivity index (χ0n) is 21.4. The van der Waals surface area contributed by atoms with Gasteiger partial charge < -0.3 is 9.47 Å². The fraction of sp³-hybridized carbons (Fsp3) is 0.643. The first-order chi connectivity index (χ1) is 17.4. The van der Waals surface area contributed by atoms with Crippen LogP contribution in [-0.4, -0.2) is 38.0 Å². The molecule has 7 nitrogen and oxygen atoms in total. The number of aryl methyl sites for hydroxylation is 3. The lowest BCUT2D eigenvalue weighted by molar-refractivity contribution is -0.697. The first kappa shape index (κ1) is 28.8. The van der Waals surface area contributed by atoms with Crippen LogP contribution in [0.15, 0.2) is 54.2 Å². The van der Waals surface area contributed by atoms with E-state index in [4.69, 9.17) is 15.0 Å². The number of azide groups is 1. The van der Waals surface area contributed by atoms with Crippen LogP contribution in [0.5, 0.6) is 0 Å². The van der Waals surface area contributed by atoms with Gasteiger partial charge in [-0.2, -0.15) is 0 Å². The topological polar surface area (TPSA) is 84.0 Å². The summed E-state index contributed by atoms with van der Waals surface area (Å²) >= 11 is 0. The summed E-state index contributed by atoms with van der Waals surface area (Å²) in [7, 11) is 0. The van der Waals surface area contributed by atoms with Crippen molar-refractivity contribution >= 4 is 0 Å². The Balaban J connectivity index is 1.38. The molecular formula is C28H44N5O2+. The van der Waals surface area contributed by atoms with E-state index in [0.717, 1.165) is 71.5 Å². The Kier molecular flexibility index (Phi) is 17.1. The van der Waals surface area contributed by atoms with Crippen molar-refractivity contribution in [1.29, 1.82) is 0 Å². The molecule has 2 aromatic heterocycles. The summed E-state index contributed by atoms with van der Waals surface area (Å²) in [5, 5.41) is 3.53. The average Bonchev–Trinajstić information content (AvgIpc) is 2.89. The van der Waals surface area contributed by atoms with Crippen LogP contribution in [0.3, 0.4) is 0 Å². The summed E-state index contributed by atoms with van der Waals surface area (Å²) < 4.78 is 13.8. The van der Waals surface area contributed by atoms with Crippen molar-refractivity contribution in [2.45, 2.75) is 83.6 Å². The average molecular weight is 483 g/mol. The molecular weight excluding hydrogens is 438 g/mol. The molecule has 0 atom stereocenters. The number of aromatic nitrogens is 2. The van der Waals surface area contributed by atoms with Crippen LogP contribution >= 0.6 is 0 Å². The standard InChI is InChI=1S/C28H44N5O2/c29-32-31-18-5-8-22-35-24-12-16-28-14-10-20-33(26-28)19-6-3-1-2-4-7-21-34-23-11-15-27-13-9-17-30-25-27/h9-10,13-14,17,20,25-26H,1-8,11-12,15-16,18-19,21-24H2/q+1. The van der Waals surface area contributed by atoms with E-state index in [0.29, 0.717) is 6.54 Å². The Labute approximate surface area is 211 Å². The molecule has 0 unspecified atom stereocenters. The third-order valence-corrected chi connectivity index (χ3v) is 5.97. The maximum atomic E-state index is 8.24. The summed E-state index contributed by atoms with van der Waals surface area (Å²) in [6.07, 6.45) is 21.8. The predicted octanol–water partition coefficient (Wildman–Crippen LogP) is 6.40. The van der Waals surface area contributed by atoms with Crippen molar-refractivity contribution in [3.05, 3.63) is 70.6 Å². The largest absolute Gasteiger partial charge is 0.381 e. The number of hydrogen-bond acceptors (Lipinski definition) is 4. The number of nitrogens with zero attached hydrogens (tertiary/aromatic N) is 5. The van der Waals surface area contributed by atoms with Crippen LogP contribution in [0.1, 0.15) is 75.3 Å². The third kappa shape index (κ3) is 15.9. The van der Waals surface area contributed by atoms with Gasteiger partial charge in [0.05, 0.1) is 0 Å². The van der Waals surface area contributed by atoms with Crippen molar-refractivity contribution in [3.8, 4) is 0 Å². The van der Waals surface area contributed by atoms with Gasteiger partial charge in [0.25, 0.3) is 0 Å². The maximum Gasteiger partial charge on any atom is 0.171 e. The minimum Gasteiger partial charge on any atom is -0.381 e. The lowest BCUT2D eigenvalue weighted by Gasteiger charge is -2.05. The van der Waals surface area contributed by atoms with E-state index < -0.39 is 0 Å². The molecule has 0 aliphatic carbocycles. The molecule has 0 aromatic carbocycles. The lowest BCUT2D eigenvalue weighted by Crippen LogP contribution is -2.33. The molecule has 192 valence electrons. The first-order valence-corrected chi connectivity index (χ1v) is 13.4. The smallest absolute Gasteiger partial charge is 0.171 e.